The first-order valence-corrected chi connectivity index (χ1v) is 6.21. The second-order valence-corrected chi connectivity index (χ2v) is 4.54. The Morgan fingerprint density at radius 2 is 2.25 bits per heavy atom. The molecule has 0 radical (unpaired) electrons. The van der Waals surface area contributed by atoms with Crippen LogP contribution in [0.5, 0.6) is 0 Å². The molecule has 0 aromatic carbocycles. The third-order valence-corrected chi connectivity index (χ3v) is 3.20. The largest absolute Gasteiger partial charge is 0.332 e. The van der Waals surface area contributed by atoms with Crippen molar-refractivity contribution >= 4 is 5.91 Å². The minimum atomic E-state index is -2.52. The summed E-state index contributed by atoms with van der Waals surface area (Å²) in [5, 5.41) is 4.33. The van der Waals surface area contributed by atoms with Gasteiger partial charge in [-0.2, -0.15) is 5.10 Å². The summed E-state index contributed by atoms with van der Waals surface area (Å²) >= 11 is 0. The molecule has 1 aliphatic rings. The number of fused-ring (bicyclic) bond motifs is 1. The molecule has 0 aliphatic carbocycles. The lowest BCUT2D eigenvalue weighted by Crippen LogP contribution is -2.40. The zero-order valence-corrected chi connectivity index (χ0v) is 10.5. The van der Waals surface area contributed by atoms with E-state index < -0.39 is 13.0 Å². The molecule has 20 heavy (non-hydrogen) atoms. The summed E-state index contributed by atoms with van der Waals surface area (Å²) in [7, 11) is 0. The zero-order chi connectivity index (χ0) is 14.1. The highest BCUT2D eigenvalue weighted by molar-refractivity contribution is 5.96. The molecule has 7 heteroatoms. The number of nitrogens with zero attached hydrogens (tertiary/aromatic N) is 4. The number of halogens is 2. The van der Waals surface area contributed by atoms with E-state index in [0.29, 0.717) is 17.7 Å². The van der Waals surface area contributed by atoms with Crippen LogP contribution in [0, 0.1) is 0 Å². The number of rotatable bonds is 3. The fourth-order valence-corrected chi connectivity index (χ4v) is 2.25. The summed E-state index contributed by atoms with van der Waals surface area (Å²) in [5.41, 5.74) is 1.76. The van der Waals surface area contributed by atoms with E-state index in [0.717, 1.165) is 5.69 Å². The van der Waals surface area contributed by atoms with Crippen LogP contribution in [-0.2, 0) is 6.42 Å². The summed E-state index contributed by atoms with van der Waals surface area (Å²) in [5.74, 6) is -0.387. The van der Waals surface area contributed by atoms with Gasteiger partial charge in [0.05, 0.1) is 29.7 Å². The lowest BCUT2D eigenvalue weighted by molar-refractivity contribution is 0.0537. The van der Waals surface area contributed by atoms with Crippen molar-refractivity contribution in [2.24, 2.45) is 0 Å². The van der Waals surface area contributed by atoms with Gasteiger partial charge in [-0.05, 0) is 12.1 Å². The number of pyridine rings is 1. The molecule has 0 N–H and O–H groups in total. The van der Waals surface area contributed by atoms with Crippen molar-refractivity contribution in [3.05, 3.63) is 42.0 Å². The van der Waals surface area contributed by atoms with E-state index in [1.807, 2.05) is 6.07 Å². The fourth-order valence-electron chi connectivity index (χ4n) is 2.25. The number of carbonyl (C=O) groups excluding carboxylic acids is 1. The molecule has 1 aliphatic heterocycles. The number of carbonyl (C=O) groups is 1. The summed E-state index contributed by atoms with van der Waals surface area (Å²) in [6, 6.07) is 3.58. The molecular formula is C13H12F2N4O. The second kappa shape index (κ2) is 4.99. The predicted molar refractivity (Wildman–Crippen MR) is 67.0 cm³/mol. The number of hydrogen-bond acceptors (Lipinski definition) is 3. The fraction of sp³-hybridized carbons (Fsp3) is 0.308. The number of hydrogen-bond donors (Lipinski definition) is 0. The monoisotopic (exact) mass is 278 g/mol. The molecule has 2 aromatic heterocycles. The first-order chi connectivity index (χ1) is 9.65. The zero-order valence-electron chi connectivity index (χ0n) is 10.5. The molecule has 2 aromatic rings. The van der Waals surface area contributed by atoms with Gasteiger partial charge < -0.3 is 4.90 Å². The Morgan fingerprint density at radius 1 is 1.40 bits per heavy atom. The van der Waals surface area contributed by atoms with Crippen LogP contribution in [0.25, 0.3) is 5.69 Å². The van der Waals surface area contributed by atoms with Crippen LogP contribution in [0.1, 0.15) is 16.1 Å². The van der Waals surface area contributed by atoms with Crippen LogP contribution < -0.4 is 0 Å². The van der Waals surface area contributed by atoms with Crippen LogP contribution in [-0.4, -0.2) is 45.1 Å². The molecule has 0 atom stereocenters. The highest BCUT2D eigenvalue weighted by Crippen LogP contribution is 2.20. The molecule has 0 bridgehead atoms. The molecule has 3 rings (SSSR count). The quantitative estimate of drug-likeness (QED) is 0.855. The normalized spacial score (nSPS) is 14.8. The minimum absolute atomic E-state index is 0.278. The van der Waals surface area contributed by atoms with E-state index in [1.54, 1.807) is 29.3 Å². The van der Waals surface area contributed by atoms with Crippen LogP contribution in [0.3, 0.4) is 0 Å². The maximum absolute atomic E-state index is 12.4. The van der Waals surface area contributed by atoms with Gasteiger partial charge in [-0.3, -0.25) is 9.78 Å². The molecule has 0 saturated carbocycles. The summed E-state index contributed by atoms with van der Waals surface area (Å²) in [6.45, 7) is -0.253. The van der Waals surface area contributed by atoms with E-state index >= 15 is 0 Å². The van der Waals surface area contributed by atoms with Gasteiger partial charge in [-0.15, -0.1) is 0 Å². The van der Waals surface area contributed by atoms with Crippen LogP contribution in [0.4, 0.5) is 8.78 Å². The first-order valence-electron chi connectivity index (χ1n) is 6.21. The molecule has 1 amide bonds. The van der Waals surface area contributed by atoms with Gasteiger partial charge in [0.25, 0.3) is 12.3 Å². The first kappa shape index (κ1) is 12.7. The van der Waals surface area contributed by atoms with E-state index in [9.17, 15) is 13.6 Å². The van der Waals surface area contributed by atoms with Crippen LogP contribution in [0.15, 0.2) is 30.7 Å². The standard InChI is InChI=1S/C13H12F2N4O/c14-12(15)8-18-5-3-11-10(13(18)20)7-19(17-11)9-2-1-4-16-6-9/h1-2,4,6-7,12H,3,5,8H2. The Bertz CT molecular complexity index is 627. The SMILES string of the molecule is O=C1c2cn(-c3cccnc3)nc2CCN1CC(F)F. The maximum Gasteiger partial charge on any atom is 0.257 e. The second-order valence-electron chi connectivity index (χ2n) is 4.54. The van der Waals surface area contributed by atoms with Gasteiger partial charge in [-0.1, -0.05) is 0 Å². The lowest BCUT2D eigenvalue weighted by atomic mass is 10.1. The third-order valence-electron chi connectivity index (χ3n) is 3.20. The van der Waals surface area contributed by atoms with Gasteiger partial charge in [0.1, 0.15) is 0 Å². The Hall–Kier alpha value is -2.31. The molecule has 0 saturated heterocycles. The van der Waals surface area contributed by atoms with Gasteiger partial charge in [-0.25, -0.2) is 13.5 Å². The lowest BCUT2D eigenvalue weighted by Gasteiger charge is -2.25. The molecule has 104 valence electrons. The van der Waals surface area contributed by atoms with Crippen molar-refractivity contribution in [3.8, 4) is 5.69 Å². The van der Waals surface area contributed by atoms with Crippen molar-refractivity contribution in [3.63, 3.8) is 0 Å². The van der Waals surface area contributed by atoms with Crippen molar-refractivity contribution in [1.82, 2.24) is 19.7 Å². The van der Waals surface area contributed by atoms with Crippen molar-refractivity contribution < 1.29 is 13.6 Å². The van der Waals surface area contributed by atoms with Crippen LogP contribution in [0.2, 0.25) is 0 Å². The Kier molecular flexibility index (Phi) is 3.17. The van der Waals surface area contributed by atoms with E-state index in [-0.39, 0.29) is 12.5 Å². The summed E-state index contributed by atoms with van der Waals surface area (Å²) in [6.07, 6.45) is 2.81. The Balaban J connectivity index is 1.91. The van der Waals surface area contributed by atoms with Crippen molar-refractivity contribution in [2.75, 3.05) is 13.1 Å². The van der Waals surface area contributed by atoms with E-state index in [1.165, 1.54) is 4.90 Å². The highest BCUT2D eigenvalue weighted by Gasteiger charge is 2.29. The molecule has 0 unspecified atom stereocenters. The number of amides is 1. The molecule has 0 fully saturated rings. The summed E-state index contributed by atoms with van der Waals surface area (Å²) in [4.78, 5) is 17.3. The van der Waals surface area contributed by atoms with Crippen molar-refractivity contribution in [2.45, 2.75) is 12.8 Å². The molecule has 0 spiro atoms. The van der Waals surface area contributed by atoms with Gasteiger partial charge in [0.15, 0.2) is 0 Å². The van der Waals surface area contributed by atoms with E-state index in [2.05, 4.69) is 10.1 Å². The predicted octanol–water partition coefficient (Wildman–Crippen LogP) is 1.53. The number of aromatic nitrogens is 3. The smallest absolute Gasteiger partial charge is 0.257 e. The van der Waals surface area contributed by atoms with Crippen molar-refractivity contribution in [1.29, 1.82) is 0 Å². The highest BCUT2D eigenvalue weighted by atomic mass is 19.3. The topological polar surface area (TPSA) is 51.0 Å². The van der Waals surface area contributed by atoms with Gasteiger partial charge >= 0.3 is 0 Å². The van der Waals surface area contributed by atoms with Gasteiger partial charge in [0.2, 0.25) is 0 Å². The average Bonchev–Trinajstić information content (AvgIpc) is 2.87. The summed E-state index contributed by atoms with van der Waals surface area (Å²) < 4.78 is 26.4. The minimum Gasteiger partial charge on any atom is -0.332 e. The van der Waals surface area contributed by atoms with Crippen LogP contribution >= 0.6 is 0 Å². The average molecular weight is 278 g/mol. The van der Waals surface area contributed by atoms with Gasteiger partial charge in [0, 0.05) is 25.4 Å². The molecular weight excluding hydrogens is 266 g/mol. The Morgan fingerprint density at radius 3 is 2.95 bits per heavy atom. The molecule has 3 heterocycles. The number of alkyl halides is 2. The Labute approximate surface area is 113 Å². The maximum atomic E-state index is 12.4. The third kappa shape index (κ3) is 2.26. The molecule has 5 nitrogen and oxygen atoms in total. The van der Waals surface area contributed by atoms with E-state index in [4.69, 9.17) is 0 Å².